The van der Waals surface area contributed by atoms with E-state index in [9.17, 15) is 5.11 Å². The predicted octanol–water partition coefficient (Wildman–Crippen LogP) is 2.56. The first-order valence-corrected chi connectivity index (χ1v) is 6.34. The first-order valence-electron chi connectivity index (χ1n) is 6.34. The van der Waals surface area contributed by atoms with Gasteiger partial charge in [0.05, 0.1) is 13.2 Å². The molecular formula is C14H21NO2. The van der Waals surface area contributed by atoms with E-state index < -0.39 is 0 Å². The lowest BCUT2D eigenvalue weighted by atomic mass is 10.0. The van der Waals surface area contributed by atoms with Gasteiger partial charge in [0.25, 0.3) is 0 Å². The summed E-state index contributed by atoms with van der Waals surface area (Å²) in [5, 5.41) is 9.54. The highest BCUT2D eigenvalue weighted by atomic mass is 16.5. The number of ether oxygens (including phenoxy) is 1. The summed E-state index contributed by atoms with van der Waals surface area (Å²) >= 11 is 0. The molecule has 0 bridgehead atoms. The highest BCUT2D eigenvalue weighted by Crippen LogP contribution is 2.27. The summed E-state index contributed by atoms with van der Waals surface area (Å²) in [5.41, 5.74) is 1.17. The number of benzene rings is 1. The second kappa shape index (κ2) is 5.52. The molecule has 0 aromatic heterocycles. The molecule has 1 N–H and O–H groups in total. The lowest BCUT2D eigenvalue weighted by Gasteiger charge is -2.39. The van der Waals surface area contributed by atoms with Crippen LogP contribution in [0.1, 0.15) is 31.9 Å². The maximum absolute atomic E-state index is 9.54. The molecule has 0 aliphatic carbocycles. The van der Waals surface area contributed by atoms with Crippen LogP contribution in [0.5, 0.6) is 5.75 Å². The van der Waals surface area contributed by atoms with E-state index in [-0.39, 0.29) is 0 Å². The van der Waals surface area contributed by atoms with Crippen LogP contribution in [0, 0.1) is 0 Å². The molecule has 1 heterocycles. The lowest BCUT2D eigenvalue weighted by molar-refractivity contribution is -0.0273. The van der Waals surface area contributed by atoms with Crippen LogP contribution in [0.2, 0.25) is 0 Å². The normalized spacial score (nSPS) is 23.5. The molecule has 94 valence electrons. The highest BCUT2D eigenvalue weighted by molar-refractivity contribution is 5.29. The van der Waals surface area contributed by atoms with E-state index in [1.54, 1.807) is 6.07 Å². The highest BCUT2D eigenvalue weighted by Gasteiger charge is 2.26. The molecule has 2 atom stereocenters. The molecule has 2 rings (SSSR count). The smallest absolute Gasteiger partial charge is 0.115 e. The summed E-state index contributed by atoms with van der Waals surface area (Å²) < 4.78 is 5.52. The average molecular weight is 235 g/mol. The molecule has 1 aliphatic heterocycles. The van der Waals surface area contributed by atoms with Gasteiger partial charge in [-0.3, -0.25) is 4.90 Å². The molecule has 0 amide bonds. The molecule has 1 aromatic carbocycles. The van der Waals surface area contributed by atoms with Crippen molar-refractivity contribution >= 4 is 0 Å². The van der Waals surface area contributed by atoms with Gasteiger partial charge in [0.15, 0.2) is 0 Å². The molecule has 1 saturated heterocycles. The second-order valence-electron chi connectivity index (χ2n) is 4.65. The SMILES string of the molecule is CCC1COCCN1C(C)c1cccc(O)c1. The Morgan fingerprint density at radius 3 is 3.06 bits per heavy atom. The van der Waals surface area contributed by atoms with Gasteiger partial charge in [-0.25, -0.2) is 0 Å². The molecule has 0 saturated carbocycles. The second-order valence-corrected chi connectivity index (χ2v) is 4.65. The fraction of sp³-hybridized carbons (Fsp3) is 0.571. The van der Waals surface area contributed by atoms with Crippen LogP contribution in [-0.2, 0) is 4.74 Å². The Hall–Kier alpha value is -1.06. The van der Waals surface area contributed by atoms with Crippen molar-refractivity contribution in [1.82, 2.24) is 4.90 Å². The van der Waals surface area contributed by atoms with Crippen molar-refractivity contribution in [2.75, 3.05) is 19.8 Å². The molecule has 1 aliphatic rings. The zero-order valence-electron chi connectivity index (χ0n) is 10.6. The molecular weight excluding hydrogens is 214 g/mol. The van der Waals surface area contributed by atoms with Crippen molar-refractivity contribution in [3.63, 3.8) is 0 Å². The standard InChI is InChI=1S/C14H21NO2/c1-3-13-10-17-8-7-15(13)11(2)12-5-4-6-14(16)9-12/h4-6,9,11,13,16H,3,7-8,10H2,1-2H3. The number of rotatable bonds is 3. The number of hydrogen-bond donors (Lipinski definition) is 1. The van der Waals surface area contributed by atoms with Gasteiger partial charge in [0.2, 0.25) is 0 Å². The van der Waals surface area contributed by atoms with E-state index in [1.807, 2.05) is 12.1 Å². The van der Waals surface area contributed by atoms with Crippen LogP contribution >= 0.6 is 0 Å². The minimum Gasteiger partial charge on any atom is -0.508 e. The minimum absolute atomic E-state index is 0.330. The Morgan fingerprint density at radius 2 is 2.35 bits per heavy atom. The molecule has 0 spiro atoms. The van der Waals surface area contributed by atoms with Crippen LogP contribution in [0.4, 0.5) is 0 Å². The Bertz CT molecular complexity index is 367. The number of phenolic OH excluding ortho intramolecular Hbond substituents is 1. The number of phenols is 1. The summed E-state index contributed by atoms with van der Waals surface area (Å²) in [6.07, 6.45) is 1.10. The van der Waals surface area contributed by atoms with Gasteiger partial charge in [0.1, 0.15) is 5.75 Å². The monoisotopic (exact) mass is 235 g/mol. The van der Waals surface area contributed by atoms with Crippen LogP contribution in [0.3, 0.4) is 0 Å². The van der Waals surface area contributed by atoms with Crippen molar-refractivity contribution in [3.05, 3.63) is 29.8 Å². The predicted molar refractivity (Wildman–Crippen MR) is 68.1 cm³/mol. The van der Waals surface area contributed by atoms with Crippen LogP contribution in [-0.4, -0.2) is 35.8 Å². The largest absolute Gasteiger partial charge is 0.508 e. The lowest BCUT2D eigenvalue weighted by Crippen LogP contribution is -2.46. The maximum atomic E-state index is 9.54. The summed E-state index contributed by atoms with van der Waals surface area (Å²) in [7, 11) is 0. The van der Waals surface area contributed by atoms with E-state index in [4.69, 9.17) is 4.74 Å². The van der Waals surface area contributed by atoms with Crippen molar-refractivity contribution in [2.24, 2.45) is 0 Å². The van der Waals surface area contributed by atoms with Gasteiger partial charge in [0, 0.05) is 18.6 Å². The van der Waals surface area contributed by atoms with Crippen molar-refractivity contribution in [2.45, 2.75) is 32.4 Å². The van der Waals surface area contributed by atoms with Crippen LogP contribution in [0.25, 0.3) is 0 Å². The topological polar surface area (TPSA) is 32.7 Å². The number of aromatic hydroxyl groups is 1. The summed E-state index contributed by atoms with van der Waals surface area (Å²) in [6.45, 7) is 6.99. The van der Waals surface area contributed by atoms with Gasteiger partial charge in [-0.2, -0.15) is 0 Å². The van der Waals surface area contributed by atoms with E-state index in [0.29, 0.717) is 17.8 Å². The first kappa shape index (κ1) is 12.4. The molecule has 1 fully saturated rings. The maximum Gasteiger partial charge on any atom is 0.115 e. The zero-order chi connectivity index (χ0) is 12.3. The fourth-order valence-corrected chi connectivity index (χ4v) is 2.51. The van der Waals surface area contributed by atoms with Crippen molar-refractivity contribution in [3.8, 4) is 5.75 Å². The summed E-state index contributed by atoms with van der Waals surface area (Å²) in [4.78, 5) is 2.47. The summed E-state index contributed by atoms with van der Waals surface area (Å²) in [5.74, 6) is 0.343. The Kier molecular flexibility index (Phi) is 4.02. The molecule has 2 unspecified atom stereocenters. The number of morpholine rings is 1. The quantitative estimate of drug-likeness (QED) is 0.874. The molecule has 1 aromatic rings. The van der Waals surface area contributed by atoms with Gasteiger partial charge in [-0.05, 0) is 31.0 Å². The van der Waals surface area contributed by atoms with Crippen LogP contribution < -0.4 is 0 Å². The first-order chi connectivity index (χ1) is 8.22. The Labute approximate surface area is 103 Å². The third-order valence-electron chi connectivity index (χ3n) is 3.59. The minimum atomic E-state index is 0.330. The van der Waals surface area contributed by atoms with Crippen molar-refractivity contribution in [1.29, 1.82) is 0 Å². The van der Waals surface area contributed by atoms with E-state index in [0.717, 1.165) is 26.2 Å². The molecule has 3 nitrogen and oxygen atoms in total. The van der Waals surface area contributed by atoms with Crippen LogP contribution in [0.15, 0.2) is 24.3 Å². The summed E-state index contributed by atoms with van der Waals surface area (Å²) in [6, 6.07) is 8.37. The fourth-order valence-electron chi connectivity index (χ4n) is 2.51. The van der Waals surface area contributed by atoms with Gasteiger partial charge in [-0.15, -0.1) is 0 Å². The number of nitrogens with zero attached hydrogens (tertiary/aromatic N) is 1. The van der Waals surface area contributed by atoms with Gasteiger partial charge >= 0.3 is 0 Å². The van der Waals surface area contributed by atoms with E-state index >= 15 is 0 Å². The number of hydrogen-bond acceptors (Lipinski definition) is 3. The zero-order valence-corrected chi connectivity index (χ0v) is 10.6. The van der Waals surface area contributed by atoms with E-state index in [1.165, 1.54) is 5.56 Å². The third kappa shape index (κ3) is 2.79. The van der Waals surface area contributed by atoms with Crippen molar-refractivity contribution < 1.29 is 9.84 Å². The average Bonchev–Trinajstić information content (AvgIpc) is 2.38. The van der Waals surface area contributed by atoms with E-state index in [2.05, 4.69) is 24.8 Å². The van der Waals surface area contributed by atoms with Gasteiger partial charge in [-0.1, -0.05) is 19.1 Å². The molecule has 17 heavy (non-hydrogen) atoms. The Morgan fingerprint density at radius 1 is 1.53 bits per heavy atom. The third-order valence-corrected chi connectivity index (χ3v) is 3.59. The molecule has 3 heteroatoms. The Balaban J connectivity index is 2.15. The molecule has 0 radical (unpaired) electrons. The van der Waals surface area contributed by atoms with Gasteiger partial charge < -0.3 is 9.84 Å².